The lowest BCUT2D eigenvalue weighted by Gasteiger charge is -2.32. The molecule has 1 fully saturated rings. The first-order valence-electron chi connectivity index (χ1n) is 8.04. The van der Waals surface area contributed by atoms with Gasteiger partial charge < -0.3 is 10.2 Å². The van der Waals surface area contributed by atoms with Crippen molar-refractivity contribution in [3.8, 4) is 0 Å². The van der Waals surface area contributed by atoms with Gasteiger partial charge in [-0.3, -0.25) is 9.59 Å². The van der Waals surface area contributed by atoms with E-state index in [1.54, 1.807) is 11.0 Å². The Bertz CT molecular complexity index is 733. The second-order valence-corrected chi connectivity index (χ2v) is 6.87. The van der Waals surface area contributed by atoms with Crippen LogP contribution in [0.25, 0.3) is 0 Å². The van der Waals surface area contributed by atoms with Gasteiger partial charge in [0.1, 0.15) is 0 Å². The second kappa shape index (κ2) is 7.62. The molecule has 2 aromatic rings. The molecule has 1 unspecified atom stereocenters. The minimum Gasteiger partial charge on any atom is -0.338 e. The molecule has 4 nitrogen and oxygen atoms in total. The van der Waals surface area contributed by atoms with Crippen molar-refractivity contribution in [2.45, 2.75) is 12.8 Å². The molecular formula is C19H19BrN2O2. The third-order valence-corrected chi connectivity index (χ3v) is 4.69. The number of likely N-dealkylation sites (tertiary alicyclic amines) is 1. The molecule has 1 N–H and O–H groups in total. The lowest BCUT2D eigenvalue weighted by atomic mass is 9.96. The molecule has 124 valence electrons. The average molecular weight is 387 g/mol. The number of hydrogen-bond acceptors (Lipinski definition) is 2. The van der Waals surface area contributed by atoms with E-state index in [9.17, 15) is 9.59 Å². The number of amides is 2. The molecule has 1 aliphatic heterocycles. The van der Waals surface area contributed by atoms with E-state index < -0.39 is 0 Å². The van der Waals surface area contributed by atoms with Gasteiger partial charge in [0, 0.05) is 28.8 Å². The Labute approximate surface area is 150 Å². The fourth-order valence-corrected chi connectivity index (χ4v) is 3.34. The summed E-state index contributed by atoms with van der Waals surface area (Å²) in [5.74, 6) is -0.212. The predicted molar refractivity (Wildman–Crippen MR) is 97.8 cm³/mol. The lowest BCUT2D eigenvalue weighted by molar-refractivity contribution is -0.121. The third kappa shape index (κ3) is 4.03. The number of rotatable bonds is 3. The van der Waals surface area contributed by atoms with Crippen molar-refractivity contribution in [1.82, 2.24) is 4.90 Å². The van der Waals surface area contributed by atoms with E-state index in [0.29, 0.717) is 18.7 Å². The average Bonchev–Trinajstić information content (AvgIpc) is 2.62. The third-order valence-electron chi connectivity index (χ3n) is 4.19. The van der Waals surface area contributed by atoms with E-state index in [1.807, 2.05) is 48.5 Å². The normalized spacial score (nSPS) is 17.4. The number of nitrogens with one attached hydrogen (secondary N) is 1. The van der Waals surface area contributed by atoms with E-state index in [1.165, 1.54) is 0 Å². The number of halogens is 1. The summed E-state index contributed by atoms with van der Waals surface area (Å²) in [5.41, 5.74) is 1.44. The van der Waals surface area contributed by atoms with Gasteiger partial charge in [-0.1, -0.05) is 40.2 Å². The van der Waals surface area contributed by atoms with Gasteiger partial charge >= 0.3 is 0 Å². The Morgan fingerprint density at radius 1 is 1.08 bits per heavy atom. The molecule has 1 aliphatic rings. The Balaban J connectivity index is 1.65. The number of nitrogens with zero attached hydrogens (tertiary/aromatic N) is 1. The number of para-hydroxylation sites is 1. The highest BCUT2D eigenvalue weighted by atomic mass is 79.9. The number of piperidine rings is 1. The van der Waals surface area contributed by atoms with Gasteiger partial charge in [-0.2, -0.15) is 0 Å². The first kappa shape index (κ1) is 16.7. The molecule has 0 bridgehead atoms. The fourth-order valence-electron chi connectivity index (χ4n) is 2.95. The highest BCUT2D eigenvalue weighted by Gasteiger charge is 2.29. The van der Waals surface area contributed by atoms with Crippen LogP contribution in [0.5, 0.6) is 0 Å². The first-order valence-corrected chi connectivity index (χ1v) is 8.83. The molecule has 24 heavy (non-hydrogen) atoms. The molecule has 0 radical (unpaired) electrons. The molecule has 0 aliphatic carbocycles. The predicted octanol–water partition coefficient (Wildman–Crippen LogP) is 3.94. The SMILES string of the molecule is O=C(Nc1ccccc1)C1CCCN(C(=O)c2cccc(Br)c2)C1. The topological polar surface area (TPSA) is 49.4 Å². The molecule has 3 rings (SSSR count). The Kier molecular flexibility index (Phi) is 5.30. The molecule has 1 heterocycles. The van der Waals surface area contributed by atoms with Crippen LogP contribution >= 0.6 is 15.9 Å². The fraction of sp³-hybridized carbons (Fsp3) is 0.263. The van der Waals surface area contributed by atoms with Gasteiger partial charge in [0.15, 0.2) is 0 Å². The van der Waals surface area contributed by atoms with Crippen LogP contribution in [0.4, 0.5) is 5.69 Å². The van der Waals surface area contributed by atoms with Crippen molar-refractivity contribution in [2.75, 3.05) is 18.4 Å². The first-order chi connectivity index (χ1) is 11.6. The molecule has 0 aromatic heterocycles. The van der Waals surface area contributed by atoms with E-state index in [4.69, 9.17) is 0 Å². The monoisotopic (exact) mass is 386 g/mol. The van der Waals surface area contributed by atoms with E-state index in [0.717, 1.165) is 23.0 Å². The van der Waals surface area contributed by atoms with Crippen molar-refractivity contribution in [3.63, 3.8) is 0 Å². The number of anilines is 1. The summed E-state index contributed by atoms with van der Waals surface area (Å²) in [7, 11) is 0. The van der Waals surface area contributed by atoms with Gasteiger partial charge in [0.25, 0.3) is 5.91 Å². The van der Waals surface area contributed by atoms with Crippen LogP contribution in [0, 0.1) is 5.92 Å². The molecular weight excluding hydrogens is 368 g/mol. The summed E-state index contributed by atoms with van der Waals surface area (Å²) in [5, 5.41) is 2.94. The van der Waals surface area contributed by atoms with Gasteiger partial charge in [-0.15, -0.1) is 0 Å². The summed E-state index contributed by atoms with van der Waals surface area (Å²) >= 11 is 3.39. The van der Waals surface area contributed by atoms with Crippen LogP contribution in [0.1, 0.15) is 23.2 Å². The van der Waals surface area contributed by atoms with Crippen LogP contribution in [0.3, 0.4) is 0 Å². The van der Waals surface area contributed by atoms with Crippen LogP contribution in [-0.2, 0) is 4.79 Å². The largest absolute Gasteiger partial charge is 0.338 e. The molecule has 1 saturated heterocycles. The lowest BCUT2D eigenvalue weighted by Crippen LogP contribution is -2.43. The highest BCUT2D eigenvalue weighted by molar-refractivity contribution is 9.10. The van der Waals surface area contributed by atoms with Crippen molar-refractivity contribution in [3.05, 3.63) is 64.6 Å². The van der Waals surface area contributed by atoms with Crippen molar-refractivity contribution in [1.29, 1.82) is 0 Å². The van der Waals surface area contributed by atoms with Crippen molar-refractivity contribution >= 4 is 33.4 Å². The zero-order valence-corrected chi connectivity index (χ0v) is 14.8. The van der Waals surface area contributed by atoms with E-state index in [2.05, 4.69) is 21.2 Å². The van der Waals surface area contributed by atoms with Gasteiger partial charge in [0.05, 0.1) is 5.92 Å². The highest BCUT2D eigenvalue weighted by Crippen LogP contribution is 2.21. The number of carbonyl (C=O) groups is 2. The van der Waals surface area contributed by atoms with E-state index >= 15 is 0 Å². The maximum atomic E-state index is 12.7. The number of benzene rings is 2. The maximum absolute atomic E-state index is 12.7. The minimum absolute atomic E-state index is 0.0199. The van der Waals surface area contributed by atoms with Crippen LogP contribution in [-0.4, -0.2) is 29.8 Å². The number of hydrogen-bond donors (Lipinski definition) is 1. The van der Waals surface area contributed by atoms with Crippen LogP contribution in [0.15, 0.2) is 59.1 Å². The van der Waals surface area contributed by atoms with Crippen LogP contribution in [0.2, 0.25) is 0 Å². The van der Waals surface area contributed by atoms with Gasteiger partial charge in [-0.05, 0) is 43.2 Å². The summed E-state index contributed by atoms with van der Waals surface area (Å²) < 4.78 is 0.878. The summed E-state index contributed by atoms with van der Waals surface area (Å²) in [4.78, 5) is 26.9. The van der Waals surface area contributed by atoms with Crippen LogP contribution < -0.4 is 5.32 Å². The molecule has 0 spiro atoms. The van der Waals surface area contributed by atoms with Crippen molar-refractivity contribution in [2.24, 2.45) is 5.92 Å². The van der Waals surface area contributed by atoms with Crippen molar-refractivity contribution < 1.29 is 9.59 Å². The Hall–Kier alpha value is -2.14. The van der Waals surface area contributed by atoms with Gasteiger partial charge in [0.2, 0.25) is 5.91 Å². The number of carbonyl (C=O) groups excluding carboxylic acids is 2. The zero-order valence-electron chi connectivity index (χ0n) is 13.2. The Morgan fingerprint density at radius 2 is 1.88 bits per heavy atom. The standard InChI is InChI=1S/C19H19BrN2O2/c20-16-8-4-6-14(12-16)19(24)22-11-5-7-15(13-22)18(23)21-17-9-2-1-3-10-17/h1-4,6,8-10,12,15H,5,7,11,13H2,(H,21,23). The molecule has 1 atom stereocenters. The zero-order chi connectivity index (χ0) is 16.9. The van der Waals surface area contributed by atoms with Gasteiger partial charge in [-0.25, -0.2) is 0 Å². The molecule has 5 heteroatoms. The van der Waals surface area contributed by atoms with E-state index in [-0.39, 0.29) is 17.7 Å². The summed E-state index contributed by atoms with van der Waals surface area (Å²) in [6, 6.07) is 16.8. The Morgan fingerprint density at radius 3 is 2.62 bits per heavy atom. The summed E-state index contributed by atoms with van der Waals surface area (Å²) in [6.45, 7) is 1.16. The maximum Gasteiger partial charge on any atom is 0.253 e. The quantitative estimate of drug-likeness (QED) is 0.868. The minimum atomic E-state index is -0.171. The second-order valence-electron chi connectivity index (χ2n) is 5.96. The summed E-state index contributed by atoms with van der Waals surface area (Å²) in [6.07, 6.45) is 1.65. The molecule has 2 amide bonds. The smallest absolute Gasteiger partial charge is 0.253 e. The molecule has 0 saturated carbocycles. The molecule has 2 aromatic carbocycles.